The molecule has 1 heterocycles. The summed E-state index contributed by atoms with van der Waals surface area (Å²) in [4.78, 5) is 0. The van der Waals surface area contributed by atoms with Crippen LogP contribution in [0.2, 0.25) is 15.1 Å². The number of aromatic nitrogens is 3. The smallest absolute Gasteiger partial charge is 0.108 e. The summed E-state index contributed by atoms with van der Waals surface area (Å²) < 4.78 is 1.54. The van der Waals surface area contributed by atoms with Crippen LogP contribution in [0.3, 0.4) is 0 Å². The van der Waals surface area contributed by atoms with Crippen LogP contribution >= 0.6 is 34.8 Å². The minimum absolute atomic E-state index is 0.156. The molecule has 1 aromatic carbocycles. The predicted octanol–water partition coefficient (Wildman–Crippen LogP) is 2.78. The van der Waals surface area contributed by atoms with Crippen molar-refractivity contribution in [3.63, 3.8) is 0 Å². The number of rotatable bonds is 3. The largest absolute Gasteiger partial charge is 0.390 e. The Bertz CT molecular complexity index is 542. The molecule has 0 bridgehead atoms. The molecule has 0 fully saturated rings. The van der Waals surface area contributed by atoms with Crippen LogP contribution in [-0.2, 0) is 13.2 Å². The van der Waals surface area contributed by atoms with E-state index in [0.717, 1.165) is 0 Å². The van der Waals surface area contributed by atoms with E-state index >= 15 is 0 Å². The van der Waals surface area contributed by atoms with Crippen LogP contribution in [-0.4, -0.2) is 20.1 Å². The number of hydrogen-bond acceptors (Lipinski definition) is 3. The fourth-order valence-corrected chi connectivity index (χ4v) is 2.03. The summed E-state index contributed by atoms with van der Waals surface area (Å²) in [5.74, 6) is 0. The second-order valence-electron chi connectivity index (χ2n) is 3.39. The third-order valence-corrected chi connectivity index (χ3v) is 3.40. The molecule has 0 saturated carbocycles. The molecular formula is C10H8Cl3N3O. The minimum atomic E-state index is -0.156. The zero-order valence-corrected chi connectivity index (χ0v) is 10.8. The van der Waals surface area contributed by atoms with E-state index in [9.17, 15) is 0 Å². The molecule has 17 heavy (non-hydrogen) atoms. The van der Waals surface area contributed by atoms with Crippen molar-refractivity contribution in [2.75, 3.05) is 0 Å². The first-order valence-corrected chi connectivity index (χ1v) is 5.87. The number of aliphatic hydroxyl groups is 1. The van der Waals surface area contributed by atoms with Gasteiger partial charge >= 0.3 is 0 Å². The molecule has 0 aliphatic heterocycles. The van der Waals surface area contributed by atoms with Gasteiger partial charge in [-0.3, -0.25) is 0 Å². The Balaban J connectivity index is 2.32. The SMILES string of the molecule is OCc1cn(Cc2c(Cl)ccc(Cl)c2Cl)nn1. The summed E-state index contributed by atoms with van der Waals surface area (Å²) in [5.41, 5.74) is 1.16. The summed E-state index contributed by atoms with van der Waals surface area (Å²) >= 11 is 18.0. The van der Waals surface area contributed by atoms with Crippen molar-refractivity contribution in [1.82, 2.24) is 15.0 Å². The molecule has 0 spiro atoms. The zero-order chi connectivity index (χ0) is 12.4. The van der Waals surface area contributed by atoms with E-state index in [2.05, 4.69) is 10.3 Å². The van der Waals surface area contributed by atoms with Gasteiger partial charge in [-0.25, -0.2) is 4.68 Å². The Morgan fingerprint density at radius 3 is 2.53 bits per heavy atom. The summed E-state index contributed by atoms with van der Waals surface area (Å²) in [6.07, 6.45) is 1.62. The van der Waals surface area contributed by atoms with E-state index in [1.807, 2.05) is 0 Å². The van der Waals surface area contributed by atoms with E-state index in [1.54, 1.807) is 18.3 Å². The van der Waals surface area contributed by atoms with Crippen molar-refractivity contribution in [3.05, 3.63) is 44.7 Å². The van der Waals surface area contributed by atoms with Crippen molar-refractivity contribution < 1.29 is 5.11 Å². The maximum Gasteiger partial charge on any atom is 0.108 e. The molecule has 4 nitrogen and oxygen atoms in total. The van der Waals surface area contributed by atoms with Gasteiger partial charge in [0.05, 0.1) is 29.4 Å². The van der Waals surface area contributed by atoms with Crippen molar-refractivity contribution in [1.29, 1.82) is 0 Å². The lowest BCUT2D eigenvalue weighted by Gasteiger charge is -2.07. The number of nitrogens with zero attached hydrogens (tertiary/aromatic N) is 3. The van der Waals surface area contributed by atoms with Gasteiger partial charge in [-0.2, -0.15) is 0 Å². The van der Waals surface area contributed by atoms with Gasteiger partial charge in [-0.15, -0.1) is 5.10 Å². The highest BCUT2D eigenvalue weighted by atomic mass is 35.5. The van der Waals surface area contributed by atoms with Crippen molar-refractivity contribution >= 4 is 34.8 Å². The lowest BCUT2D eigenvalue weighted by atomic mass is 10.2. The highest BCUT2D eigenvalue weighted by Crippen LogP contribution is 2.31. The number of hydrogen-bond donors (Lipinski definition) is 1. The van der Waals surface area contributed by atoms with E-state index in [0.29, 0.717) is 32.9 Å². The molecule has 1 N–H and O–H groups in total. The number of benzene rings is 1. The molecule has 0 atom stereocenters. The van der Waals surface area contributed by atoms with Gasteiger partial charge < -0.3 is 5.11 Å². The third-order valence-electron chi connectivity index (χ3n) is 2.21. The fraction of sp³-hybridized carbons (Fsp3) is 0.200. The van der Waals surface area contributed by atoms with Crippen LogP contribution < -0.4 is 0 Å². The Labute approximate surface area is 113 Å². The molecule has 1 aromatic heterocycles. The van der Waals surface area contributed by atoms with E-state index in [4.69, 9.17) is 39.9 Å². The summed E-state index contributed by atoms with van der Waals surface area (Å²) in [6, 6.07) is 3.31. The molecule has 0 unspecified atom stereocenters. The first-order valence-electron chi connectivity index (χ1n) is 4.74. The molecule has 0 saturated heterocycles. The molecule has 0 aliphatic rings. The Morgan fingerprint density at radius 1 is 1.18 bits per heavy atom. The van der Waals surface area contributed by atoms with Crippen molar-refractivity contribution in [3.8, 4) is 0 Å². The molecule has 90 valence electrons. The van der Waals surface area contributed by atoms with E-state index in [1.165, 1.54) is 4.68 Å². The van der Waals surface area contributed by atoms with Crippen LogP contribution in [0.5, 0.6) is 0 Å². The summed E-state index contributed by atoms with van der Waals surface area (Å²) in [7, 11) is 0. The van der Waals surface area contributed by atoms with E-state index < -0.39 is 0 Å². The Morgan fingerprint density at radius 2 is 1.88 bits per heavy atom. The summed E-state index contributed by atoms with van der Waals surface area (Å²) in [6.45, 7) is 0.197. The van der Waals surface area contributed by atoms with Gasteiger partial charge in [0.15, 0.2) is 0 Å². The lowest BCUT2D eigenvalue weighted by molar-refractivity contribution is 0.276. The van der Waals surface area contributed by atoms with Crippen LogP contribution in [0.1, 0.15) is 11.3 Å². The molecule has 0 amide bonds. The number of aliphatic hydroxyl groups excluding tert-OH is 1. The molecule has 2 rings (SSSR count). The summed E-state index contributed by atoms with van der Waals surface area (Å²) in [5, 5.41) is 17.8. The maximum absolute atomic E-state index is 8.88. The Kier molecular flexibility index (Phi) is 3.89. The van der Waals surface area contributed by atoms with Gasteiger partial charge in [0, 0.05) is 10.6 Å². The normalized spacial score (nSPS) is 10.8. The minimum Gasteiger partial charge on any atom is -0.390 e. The van der Waals surface area contributed by atoms with Crippen LogP contribution in [0.25, 0.3) is 0 Å². The Hall–Kier alpha value is -0.810. The predicted molar refractivity (Wildman–Crippen MR) is 66.5 cm³/mol. The van der Waals surface area contributed by atoms with Gasteiger partial charge in [-0.05, 0) is 12.1 Å². The average molecular weight is 293 g/mol. The topological polar surface area (TPSA) is 50.9 Å². The molecule has 0 radical (unpaired) electrons. The van der Waals surface area contributed by atoms with Crippen molar-refractivity contribution in [2.24, 2.45) is 0 Å². The molecule has 0 aliphatic carbocycles. The lowest BCUT2D eigenvalue weighted by Crippen LogP contribution is -2.02. The first-order chi connectivity index (χ1) is 8.11. The highest BCUT2D eigenvalue weighted by Gasteiger charge is 2.11. The average Bonchev–Trinajstić information content (AvgIpc) is 2.77. The van der Waals surface area contributed by atoms with Crippen LogP contribution in [0.4, 0.5) is 0 Å². The third kappa shape index (κ3) is 2.72. The van der Waals surface area contributed by atoms with Crippen LogP contribution in [0, 0.1) is 0 Å². The standard InChI is InChI=1S/C10H8Cl3N3O/c11-8-1-2-9(12)10(13)7(8)4-16-3-6(5-17)14-15-16/h1-3,17H,4-5H2. The first kappa shape index (κ1) is 12.6. The fourth-order valence-electron chi connectivity index (χ4n) is 1.36. The van der Waals surface area contributed by atoms with Gasteiger partial charge in [0.2, 0.25) is 0 Å². The molecule has 7 heteroatoms. The molecular weight excluding hydrogens is 284 g/mol. The highest BCUT2D eigenvalue weighted by molar-refractivity contribution is 6.44. The zero-order valence-electron chi connectivity index (χ0n) is 8.57. The second kappa shape index (κ2) is 5.23. The van der Waals surface area contributed by atoms with Crippen molar-refractivity contribution in [2.45, 2.75) is 13.2 Å². The van der Waals surface area contributed by atoms with Crippen LogP contribution in [0.15, 0.2) is 18.3 Å². The quantitative estimate of drug-likeness (QED) is 0.885. The van der Waals surface area contributed by atoms with Gasteiger partial charge in [0.25, 0.3) is 0 Å². The monoisotopic (exact) mass is 291 g/mol. The van der Waals surface area contributed by atoms with Gasteiger partial charge in [0.1, 0.15) is 5.69 Å². The van der Waals surface area contributed by atoms with Gasteiger partial charge in [-0.1, -0.05) is 40.0 Å². The molecule has 2 aromatic rings. The second-order valence-corrected chi connectivity index (χ2v) is 4.58. The number of halogens is 3. The maximum atomic E-state index is 8.88. The van der Waals surface area contributed by atoms with E-state index in [-0.39, 0.29) is 6.61 Å².